The Morgan fingerprint density at radius 3 is 2.57 bits per heavy atom. The number of halogens is 1. The highest BCUT2D eigenvalue weighted by Gasteiger charge is 2.20. The summed E-state index contributed by atoms with van der Waals surface area (Å²) in [5.74, 6) is 0.254. The quantitative estimate of drug-likeness (QED) is 0.847. The van der Waals surface area contributed by atoms with E-state index < -0.39 is 0 Å². The second kappa shape index (κ2) is 7.43. The molecule has 1 aliphatic heterocycles. The van der Waals surface area contributed by atoms with Crippen LogP contribution in [-0.2, 0) is 11.3 Å². The second-order valence-electron chi connectivity index (χ2n) is 5.64. The van der Waals surface area contributed by atoms with Crippen molar-refractivity contribution in [3.05, 3.63) is 39.7 Å². The highest BCUT2D eigenvalue weighted by molar-refractivity contribution is 7.09. The van der Waals surface area contributed by atoms with E-state index in [2.05, 4.69) is 10.3 Å². The van der Waals surface area contributed by atoms with Gasteiger partial charge in [-0.2, -0.15) is 0 Å². The summed E-state index contributed by atoms with van der Waals surface area (Å²) in [6.45, 7) is 6.25. The van der Waals surface area contributed by atoms with Crippen LogP contribution in [0.3, 0.4) is 0 Å². The normalized spacial score (nSPS) is 15.8. The molecule has 0 bridgehead atoms. The van der Waals surface area contributed by atoms with Gasteiger partial charge in [0, 0.05) is 48.6 Å². The molecule has 1 aliphatic rings. The van der Waals surface area contributed by atoms with Crippen LogP contribution < -0.4 is 0 Å². The minimum atomic E-state index is 0.254. The summed E-state index contributed by atoms with van der Waals surface area (Å²) in [5.41, 5.74) is 2.09. The van der Waals surface area contributed by atoms with Crippen LogP contribution in [0.5, 0.6) is 0 Å². The van der Waals surface area contributed by atoms with Crippen LogP contribution in [0, 0.1) is 0 Å². The van der Waals surface area contributed by atoms with Crippen LogP contribution in [0.1, 0.15) is 18.4 Å². The Hall–Kier alpha value is -1.43. The van der Waals surface area contributed by atoms with E-state index in [0.717, 1.165) is 54.0 Å². The van der Waals surface area contributed by atoms with E-state index >= 15 is 0 Å². The number of piperazine rings is 1. The Bertz CT molecular complexity index is 663. The molecule has 23 heavy (non-hydrogen) atoms. The van der Waals surface area contributed by atoms with Crippen LogP contribution in [0.4, 0.5) is 0 Å². The molecule has 2 heterocycles. The molecule has 1 aromatic carbocycles. The van der Waals surface area contributed by atoms with Gasteiger partial charge >= 0.3 is 0 Å². The van der Waals surface area contributed by atoms with E-state index in [0.29, 0.717) is 6.42 Å². The average Bonchev–Trinajstić information content (AvgIpc) is 3.04. The molecule has 1 fully saturated rings. The summed E-state index contributed by atoms with van der Waals surface area (Å²) < 4.78 is 0. The van der Waals surface area contributed by atoms with Crippen molar-refractivity contribution in [2.45, 2.75) is 19.9 Å². The third kappa shape index (κ3) is 4.10. The Morgan fingerprint density at radius 1 is 1.22 bits per heavy atom. The molecule has 0 saturated carbocycles. The number of carbonyl (C=O) groups excluding carboxylic acids is 1. The third-order valence-electron chi connectivity index (χ3n) is 4.08. The summed E-state index contributed by atoms with van der Waals surface area (Å²) in [6, 6.07) is 7.77. The lowest BCUT2D eigenvalue weighted by molar-refractivity contribution is -0.132. The molecule has 1 aromatic heterocycles. The molecule has 0 spiro atoms. The maximum absolute atomic E-state index is 11.7. The molecule has 4 nitrogen and oxygen atoms in total. The number of hydrogen-bond donors (Lipinski definition) is 0. The van der Waals surface area contributed by atoms with Gasteiger partial charge in [0.25, 0.3) is 0 Å². The second-order valence-corrected chi connectivity index (χ2v) is 7.02. The largest absolute Gasteiger partial charge is 0.340 e. The molecular weight excluding hydrogens is 330 g/mol. The van der Waals surface area contributed by atoms with Crippen LogP contribution >= 0.6 is 22.9 Å². The molecule has 6 heteroatoms. The molecule has 0 radical (unpaired) electrons. The van der Waals surface area contributed by atoms with Crippen LogP contribution in [0.2, 0.25) is 5.02 Å². The summed E-state index contributed by atoms with van der Waals surface area (Å²) >= 11 is 7.61. The molecule has 0 atom stereocenters. The van der Waals surface area contributed by atoms with Gasteiger partial charge in [-0.3, -0.25) is 9.69 Å². The van der Waals surface area contributed by atoms with Crippen LogP contribution in [0.25, 0.3) is 11.3 Å². The van der Waals surface area contributed by atoms with E-state index in [1.165, 1.54) is 0 Å². The number of amides is 1. The van der Waals surface area contributed by atoms with Crippen molar-refractivity contribution in [3.63, 3.8) is 0 Å². The van der Waals surface area contributed by atoms with Gasteiger partial charge in [-0.15, -0.1) is 11.3 Å². The number of nitrogens with zero attached hydrogens (tertiary/aromatic N) is 3. The molecule has 1 amide bonds. The van der Waals surface area contributed by atoms with E-state index in [1.54, 1.807) is 11.3 Å². The Morgan fingerprint density at radius 2 is 1.91 bits per heavy atom. The van der Waals surface area contributed by atoms with Gasteiger partial charge in [-0.1, -0.05) is 30.7 Å². The zero-order valence-electron chi connectivity index (χ0n) is 13.2. The summed E-state index contributed by atoms with van der Waals surface area (Å²) in [5, 5.41) is 3.95. The third-order valence-corrected chi connectivity index (χ3v) is 5.16. The molecule has 122 valence electrons. The van der Waals surface area contributed by atoms with Crippen molar-refractivity contribution >= 4 is 28.8 Å². The van der Waals surface area contributed by atoms with Gasteiger partial charge < -0.3 is 4.90 Å². The van der Waals surface area contributed by atoms with Crippen LogP contribution in [-0.4, -0.2) is 46.9 Å². The van der Waals surface area contributed by atoms with E-state index in [9.17, 15) is 4.79 Å². The fourth-order valence-corrected chi connectivity index (χ4v) is 3.68. The standard InChI is InChI=1S/C17H20ClN3OS/c1-2-17(22)21-9-7-20(8-10-21)11-16-19-15(12-23-16)13-3-5-14(18)6-4-13/h3-6,12H,2,7-11H2,1H3. The molecule has 0 unspecified atom stereocenters. The Balaban J connectivity index is 1.58. The highest BCUT2D eigenvalue weighted by atomic mass is 35.5. The molecular formula is C17H20ClN3OS. The van der Waals surface area contributed by atoms with Gasteiger partial charge in [0.2, 0.25) is 5.91 Å². The number of rotatable bonds is 4. The lowest BCUT2D eigenvalue weighted by Gasteiger charge is -2.34. The van der Waals surface area contributed by atoms with Crippen molar-refractivity contribution in [1.29, 1.82) is 0 Å². The maximum atomic E-state index is 11.7. The smallest absolute Gasteiger partial charge is 0.222 e. The topological polar surface area (TPSA) is 36.4 Å². The zero-order valence-corrected chi connectivity index (χ0v) is 14.7. The number of thiazole rings is 1. The first kappa shape index (κ1) is 16.4. The molecule has 0 N–H and O–H groups in total. The monoisotopic (exact) mass is 349 g/mol. The first-order valence-electron chi connectivity index (χ1n) is 7.86. The van der Waals surface area contributed by atoms with Crippen molar-refractivity contribution in [1.82, 2.24) is 14.8 Å². The number of benzene rings is 1. The van der Waals surface area contributed by atoms with E-state index in [1.807, 2.05) is 36.1 Å². The van der Waals surface area contributed by atoms with Gasteiger partial charge in [0.15, 0.2) is 0 Å². The fraction of sp³-hybridized carbons (Fsp3) is 0.412. The average molecular weight is 350 g/mol. The SMILES string of the molecule is CCC(=O)N1CCN(Cc2nc(-c3ccc(Cl)cc3)cs2)CC1. The summed E-state index contributed by atoms with van der Waals surface area (Å²) in [4.78, 5) is 20.8. The predicted molar refractivity (Wildman–Crippen MR) is 94.7 cm³/mol. The van der Waals surface area contributed by atoms with Gasteiger partial charge in [0.05, 0.1) is 12.2 Å². The van der Waals surface area contributed by atoms with Gasteiger partial charge in [-0.25, -0.2) is 4.98 Å². The maximum Gasteiger partial charge on any atom is 0.222 e. The van der Waals surface area contributed by atoms with Gasteiger partial charge in [-0.05, 0) is 12.1 Å². The molecule has 3 rings (SSSR count). The minimum absolute atomic E-state index is 0.254. The highest BCUT2D eigenvalue weighted by Crippen LogP contribution is 2.24. The van der Waals surface area contributed by atoms with Gasteiger partial charge in [0.1, 0.15) is 5.01 Å². The van der Waals surface area contributed by atoms with Crippen molar-refractivity contribution in [2.75, 3.05) is 26.2 Å². The van der Waals surface area contributed by atoms with E-state index in [4.69, 9.17) is 16.6 Å². The summed E-state index contributed by atoms with van der Waals surface area (Å²) in [7, 11) is 0. The zero-order chi connectivity index (χ0) is 16.2. The first-order chi connectivity index (χ1) is 11.2. The van der Waals surface area contributed by atoms with Crippen molar-refractivity contribution in [3.8, 4) is 11.3 Å². The minimum Gasteiger partial charge on any atom is -0.340 e. The number of aromatic nitrogens is 1. The Kier molecular flexibility index (Phi) is 5.30. The fourth-order valence-electron chi connectivity index (χ4n) is 2.71. The van der Waals surface area contributed by atoms with E-state index in [-0.39, 0.29) is 5.91 Å². The lowest BCUT2D eigenvalue weighted by Crippen LogP contribution is -2.48. The number of carbonyl (C=O) groups is 1. The molecule has 0 aliphatic carbocycles. The first-order valence-corrected chi connectivity index (χ1v) is 9.12. The molecule has 2 aromatic rings. The molecule has 1 saturated heterocycles. The Labute approximate surface area is 145 Å². The van der Waals surface area contributed by atoms with Crippen molar-refractivity contribution < 1.29 is 4.79 Å². The van der Waals surface area contributed by atoms with Crippen molar-refractivity contribution in [2.24, 2.45) is 0 Å². The summed E-state index contributed by atoms with van der Waals surface area (Å²) in [6.07, 6.45) is 0.594. The predicted octanol–water partition coefficient (Wildman–Crippen LogP) is 3.52. The van der Waals surface area contributed by atoms with Crippen LogP contribution in [0.15, 0.2) is 29.6 Å². The lowest BCUT2D eigenvalue weighted by atomic mass is 10.2. The number of hydrogen-bond acceptors (Lipinski definition) is 4.